The van der Waals surface area contributed by atoms with Gasteiger partial charge >= 0.3 is 5.97 Å². The van der Waals surface area contributed by atoms with Crippen molar-refractivity contribution in [3.05, 3.63) is 46.5 Å². The van der Waals surface area contributed by atoms with E-state index in [4.69, 9.17) is 5.11 Å². The average Bonchev–Trinajstić information content (AvgIpc) is 2.35. The maximum Gasteiger partial charge on any atom is 0.328 e. The van der Waals surface area contributed by atoms with Crippen molar-refractivity contribution in [2.45, 2.75) is 33.2 Å². The molecule has 1 aromatic carbocycles. The van der Waals surface area contributed by atoms with E-state index in [1.165, 1.54) is 22.8 Å². The van der Waals surface area contributed by atoms with E-state index in [2.05, 4.69) is 36.9 Å². The summed E-state index contributed by atoms with van der Waals surface area (Å²) in [6.45, 7) is 7.13. The molecule has 1 N–H and O–H groups in total. The van der Waals surface area contributed by atoms with Gasteiger partial charge in [0.15, 0.2) is 0 Å². The lowest BCUT2D eigenvalue weighted by atomic mass is 10.0. The zero-order valence-electron chi connectivity index (χ0n) is 11.6. The van der Waals surface area contributed by atoms with Gasteiger partial charge in [0.1, 0.15) is 0 Å². The Labute approximate surface area is 114 Å². The minimum atomic E-state index is -0.821. The number of carboxylic acid groups (broad SMARTS) is 1. The molecule has 0 unspecified atom stereocenters. The molecule has 0 aromatic heterocycles. The second-order valence-electron chi connectivity index (χ2n) is 5.35. The van der Waals surface area contributed by atoms with Crippen molar-refractivity contribution in [3.63, 3.8) is 0 Å². The molecule has 3 nitrogen and oxygen atoms in total. The number of carboxylic acids is 1. The van der Waals surface area contributed by atoms with Crippen molar-refractivity contribution in [1.82, 2.24) is 4.90 Å². The predicted molar refractivity (Wildman–Crippen MR) is 76.1 cm³/mol. The molecule has 1 aliphatic rings. The number of hydrogen-bond donors (Lipinski definition) is 1. The first-order valence-electron chi connectivity index (χ1n) is 6.75. The van der Waals surface area contributed by atoms with Gasteiger partial charge < -0.3 is 5.11 Å². The fraction of sp³-hybridized carbons (Fsp3) is 0.438. The van der Waals surface area contributed by atoms with Gasteiger partial charge in [-0.05, 0) is 37.8 Å². The third-order valence-corrected chi connectivity index (χ3v) is 3.72. The number of benzene rings is 1. The van der Waals surface area contributed by atoms with Crippen molar-refractivity contribution in [1.29, 1.82) is 0 Å². The Balaban J connectivity index is 1.96. The Morgan fingerprint density at radius 3 is 2.63 bits per heavy atom. The van der Waals surface area contributed by atoms with E-state index in [9.17, 15) is 4.79 Å². The van der Waals surface area contributed by atoms with Crippen molar-refractivity contribution < 1.29 is 9.90 Å². The Hall–Kier alpha value is -1.61. The molecule has 0 spiro atoms. The molecule has 1 heterocycles. The van der Waals surface area contributed by atoms with Crippen molar-refractivity contribution in [3.8, 4) is 0 Å². The molecule has 1 saturated heterocycles. The highest BCUT2D eigenvalue weighted by Crippen LogP contribution is 2.20. The molecule has 19 heavy (non-hydrogen) atoms. The second-order valence-corrected chi connectivity index (χ2v) is 5.35. The number of carbonyl (C=O) groups is 1. The minimum Gasteiger partial charge on any atom is -0.478 e. The largest absolute Gasteiger partial charge is 0.478 e. The number of hydrogen-bond acceptors (Lipinski definition) is 2. The molecule has 2 rings (SSSR count). The highest BCUT2D eigenvalue weighted by molar-refractivity contribution is 5.80. The smallest absolute Gasteiger partial charge is 0.328 e. The standard InChI is InChI=1S/C16H21NO2/c1-12-3-4-13(2)15(9-12)11-17-7-5-14(6-8-17)10-16(18)19/h3-4,9-10H,5-8,11H2,1-2H3,(H,18,19). The van der Waals surface area contributed by atoms with E-state index in [1.807, 2.05) is 0 Å². The fourth-order valence-electron chi connectivity index (χ4n) is 2.53. The van der Waals surface area contributed by atoms with Crippen LogP contribution >= 0.6 is 0 Å². The van der Waals surface area contributed by atoms with Crippen molar-refractivity contribution in [2.24, 2.45) is 0 Å². The molecule has 1 fully saturated rings. The molecular formula is C16H21NO2. The Bertz CT molecular complexity index is 495. The highest BCUT2D eigenvalue weighted by Gasteiger charge is 2.15. The highest BCUT2D eigenvalue weighted by atomic mass is 16.4. The van der Waals surface area contributed by atoms with E-state index in [0.29, 0.717) is 0 Å². The lowest BCUT2D eigenvalue weighted by Crippen LogP contribution is -2.30. The van der Waals surface area contributed by atoms with Crippen LogP contribution in [0.25, 0.3) is 0 Å². The van der Waals surface area contributed by atoms with Crippen LogP contribution in [0.1, 0.15) is 29.5 Å². The quantitative estimate of drug-likeness (QED) is 0.848. The van der Waals surface area contributed by atoms with E-state index < -0.39 is 5.97 Å². The second kappa shape index (κ2) is 6.02. The SMILES string of the molecule is Cc1ccc(C)c(CN2CCC(=CC(=O)O)CC2)c1. The van der Waals surface area contributed by atoms with Gasteiger partial charge in [-0.2, -0.15) is 0 Å². The van der Waals surface area contributed by atoms with Crippen LogP contribution in [0.5, 0.6) is 0 Å². The van der Waals surface area contributed by atoms with E-state index in [-0.39, 0.29) is 0 Å². The monoisotopic (exact) mass is 259 g/mol. The van der Waals surface area contributed by atoms with Gasteiger partial charge in [0.25, 0.3) is 0 Å². The Kier molecular flexibility index (Phi) is 4.38. The molecule has 3 heteroatoms. The summed E-state index contributed by atoms with van der Waals surface area (Å²) in [5.74, 6) is -0.821. The summed E-state index contributed by atoms with van der Waals surface area (Å²) in [6, 6.07) is 6.56. The minimum absolute atomic E-state index is 0.821. The van der Waals surface area contributed by atoms with Gasteiger partial charge in [0.05, 0.1) is 0 Å². The topological polar surface area (TPSA) is 40.5 Å². The van der Waals surface area contributed by atoms with E-state index in [1.54, 1.807) is 0 Å². The predicted octanol–water partition coefficient (Wildman–Crippen LogP) is 2.91. The first-order chi connectivity index (χ1) is 9.04. The normalized spacial score (nSPS) is 16.4. The zero-order chi connectivity index (χ0) is 13.8. The van der Waals surface area contributed by atoms with Gasteiger partial charge in [0.2, 0.25) is 0 Å². The third-order valence-electron chi connectivity index (χ3n) is 3.72. The molecule has 0 radical (unpaired) electrons. The van der Waals surface area contributed by atoms with Crippen LogP contribution in [0.15, 0.2) is 29.8 Å². The van der Waals surface area contributed by atoms with Gasteiger partial charge in [-0.15, -0.1) is 0 Å². The maximum atomic E-state index is 10.6. The van der Waals surface area contributed by atoms with Crippen LogP contribution in [0.4, 0.5) is 0 Å². The molecule has 1 aromatic rings. The molecule has 1 aliphatic heterocycles. The van der Waals surface area contributed by atoms with Gasteiger partial charge in [0, 0.05) is 25.7 Å². The fourth-order valence-corrected chi connectivity index (χ4v) is 2.53. The Morgan fingerprint density at radius 2 is 2.00 bits per heavy atom. The summed E-state index contributed by atoms with van der Waals surface area (Å²) in [4.78, 5) is 13.0. The number of aryl methyl sites for hydroxylation is 2. The average molecular weight is 259 g/mol. The molecule has 0 saturated carbocycles. The number of rotatable bonds is 3. The lowest BCUT2D eigenvalue weighted by Gasteiger charge is -2.28. The van der Waals surface area contributed by atoms with Crippen LogP contribution in [0.3, 0.4) is 0 Å². The summed E-state index contributed by atoms with van der Waals surface area (Å²) < 4.78 is 0. The van der Waals surface area contributed by atoms with Crippen LogP contribution in [-0.2, 0) is 11.3 Å². The Morgan fingerprint density at radius 1 is 1.32 bits per heavy atom. The lowest BCUT2D eigenvalue weighted by molar-refractivity contribution is -0.131. The summed E-state index contributed by atoms with van der Waals surface area (Å²) >= 11 is 0. The number of aliphatic carboxylic acids is 1. The van der Waals surface area contributed by atoms with Crippen LogP contribution in [0.2, 0.25) is 0 Å². The number of nitrogens with zero attached hydrogens (tertiary/aromatic N) is 1. The first kappa shape index (κ1) is 13.8. The number of piperidine rings is 1. The van der Waals surface area contributed by atoms with Gasteiger partial charge in [-0.25, -0.2) is 4.79 Å². The molecule has 0 amide bonds. The first-order valence-corrected chi connectivity index (χ1v) is 6.75. The molecule has 0 bridgehead atoms. The van der Waals surface area contributed by atoms with Crippen LogP contribution < -0.4 is 0 Å². The summed E-state index contributed by atoms with van der Waals surface area (Å²) in [6.07, 6.45) is 3.11. The summed E-state index contributed by atoms with van der Waals surface area (Å²) in [5, 5.41) is 8.74. The maximum absolute atomic E-state index is 10.6. The zero-order valence-corrected chi connectivity index (χ0v) is 11.6. The van der Waals surface area contributed by atoms with Crippen LogP contribution in [-0.4, -0.2) is 29.1 Å². The van der Waals surface area contributed by atoms with E-state index >= 15 is 0 Å². The van der Waals surface area contributed by atoms with Crippen LogP contribution in [0, 0.1) is 13.8 Å². The number of likely N-dealkylation sites (tertiary alicyclic amines) is 1. The van der Waals surface area contributed by atoms with Crippen molar-refractivity contribution >= 4 is 5.97 Å². The summed E-state index contributed by atoms with van der Waals surface area (Å²) in [5.41, 5.74) is 5.07. The molecule has 102 valence electrons. The van der Waals surface area contributed by atoms with Gasteiger partial charge in [-0.1, -0.05) is 29.3 Å². The molecule has 0 atom stereocenters. The van der Waals surface area contributed by atoms with Crippen molar-refractivity contribution in [2.75, 3.05) is 13.1 Å². The van der Waals surface area contributed by atoms with E-state index in [0.717, 1.165) is 38.0 Å². The summed E-state index contributed by atoms with van der Waals surface area (Å²) in [7, 11) is 0. The van der Waals surface area contributed by atoms with Gasteiger partial charge in [-0.3, -0.25) is 4.90 Å². The molecular weight excluding hydrogens is 238 g/mol. The third kappa shape index (κ3) is 3.93. The molecule has 0 aliphatic carbocycles.